The Morgan fingerprint density at radius 3 is 2.53 bits per heavy atom. The van der Waals surface area contributed by atoms with Crippen molar-refractivity contribution in [3.8, 4) is 11.8 Å². The third-order valence-corrected chi connectivity index (χ3v) is 3.38. The first-order valence-electron chi connectivity index (χ1n) is 5.72. The molecule has 92 valence electrons. The van der Waals surface area contributed by atoms with Crippen molar-refractivity contribution in [2.24, 2.45) is 11.8 Å². The van der Waals surface area contributed by atoms with Crippen LogP contribution in [0.1, 0.15) is 25.0 Å². The molecule has 0 N–H and O–H groups in total. The van der Waals surface area contributed by atoms with Gasteiger partial charge in [-0.1, -0.05) is 25.4 Å². The van der Waals surface area contributed by atoms with E-state index in [2.05, 4.69) is 19.9 Å². The van der Waals surface area contributed by atoms with Gasteiger partial charge in [-0.25, -0.2) is 0 Å². The van der Waals surface area contributed by atoms with Gasteiger partial charge in [0.05, 0.1) is 19.1 Å². The van der Waals surface area contributed by atoms with E-state index in [1.807, 2.05) is 19.1 Å². The predicted molar refractivity (Wildman–Crippen MR) is 70.4 cm³/mol. The van der Waals surface area contributed by atoms with Gasteiger partial charge in [0.1, 0.15) is 5.75 Å². The van der Waals surface area contributed by atoms with E-state index in [4.69, 9.17) is 21.6 Å². The van der Waals surface area contributed by atoms with Crippen molar-refractivity contribution in [3.63, 3.8) is 0 Å². The standard InChI is InChI=1S/C14H18ClNO/c1-9(2)12(8-16)6-11-7-13(15)10(3)5-14(11)17-4/h5,7,9,12H,6H2,1-4H3. The average molecular weight is 252 g/mol. The monoisotopic (exact) mass is 251 g/mol. The lowest BCUT2D eigenvalue weighted by Crippen LogP contribution is -2.10. The van der Waals surface area contributed by atoms with Crippen molar-refractivity contribution in [2.45, 2.75) is 27.2 Å². The Kier molecular flexibility index (Phi) is 4.84. The van der Waals surface area contributed by atoms with Gasteiger partial charge in [-0.15, -0.1) is 0 Å². The zero-order valence-electron chi connectivity index (χ0n) is 10.7. The number of halogens is 1. The maximum Gasteiger partial charge on any atom is 0.122 e. The molecule has 0 fully saturated rings. The normalized spacial score (nSPS) is 12.3. The van der Waals surface area contributed by atoms with E-state index < -0.39 is 0 Å². The summed E-state index contributed by atoms with van der Waals surface area (Å²) in [6, 6.07) is 6.16. The third-order valence-electron chi connectivity index (χ3n) is 2.97. The van der Waals surface area contributed by atoms with Gasteiger partial charge >= 0.3 is 0 Å². The summed E-state index contributed by atoms with van der Waals surface area (Å²) >= 11 is 6.11. The molecule has 0 aliphatic heterocycles. The molecule has 0 aliphatic rings. The van der Waals surface area contributed by atoms with Gasteiger partial charge in [-0.05, 0) is 42.5 Å². The first-order valence-corrected chi connectivity index (χ1v) is 6.10. The Morgan fingerprint density at radius 2 is 2.06 bits per heavy atom. The van der Waals surface area contributed by atoms with Crippen LogP contribution in [0, 0.1) is 30.1 Å². The number of hydrogen-bond acceptors (Lipinski definition) is 2. The molecule has 17 heavy (non-hydrogen) atoms. The van der Waals surface area contributed by atoms with E-state index in [1.165, 1.54) is 0 Å². The molecule has 1 atom stereocenters. The molecular weight excluding hydrogens is 234 g/mol. The Bertz CT molecular complexity index is 435. The molecule has 0 aromatic heterocycles. The smallest absolute Gasteiger partial charge is 0.122 e. The number of nitriles is 1. The van der Waals surface area contributed by atoms with Gasteiger partial charge in [0.15, 0.2) is 0 Å². The number of nitrogens with zero attached hydrogens (tertiary/aromatic N) is 1. The molecule has 0 saturated heterocycles. The maximum absolute atomic E-state index is 9.12. The molecule has 3 heteroatoms. The number of benzene rings is 1. The highest BCUT2D eigenvalue weighted by molar-refractivity contribution is 6.31. The summed E-state index contributed by atoms with van der Waals surface area (Å²) in [5, 5.41) is 9.84. The highest BCUT2D eigenvalue weighted by Crippen LogP contribution is 2.29. The molecular formula is C14H18ClNO. The molecule has 0 saturated carbocycles. The topological polar surface area (TPSA) is 33.0 Å². The lowest BCUT2D eigenvalue weighted by atomic mass is 9.90. The second kappa shape index (κ2) is 5.93. The van der Waals surface area contributed by atoms with Crippen molar-refractivity contribution in [3.05, 3.63) is 28.3 Å². The summed E-state index contributed by atoms with van der Waals surface area (Å²) in [6.45, 7) is 6.05. The Labute approximate surface area is 108 Å². The first-order chi connectivity index (χ1) is 7.99. The molecule has 0 radical (unpaired) electrons. The molecule has 0 spiro atoms. The summed E-state index contributed by atoms with van der Waals surface area (Å²) in [5.74, 6) is 1.13. The minimum atomic E-state index is -0.0114. The molecule has 0 amide bonds. The fraction of sp³-hybridized carbons (Fsp3) is 0.500. The van der Waals surface area contributed by atoms with Crippen LogP contribution in [0.5, 0.6) is 5.75 Å². The first kappa shape index (κ1) is 13.9. The number of aryl methyl sites for hydroxylation is 1. The fourth-order valence-corrected chi connectivity index (χ4v) is 1.90. The van der Waals surface area contributed by atoms with Crippen LogP contribution in [-0.2, 0) is 6.42 Å². The molecule has 2 nitrogen and oxygen atoms in total. The maximum atomic E-state index is 9.12. The fourth-order valence-electron chi connectivity index (χ4n) is 1.71. The zero-order chi connectivity index (χ0) is 13.0. The molecule has 1 aromatic carbocycles. The summed E-state index contributed by atoms with van der Waals surface area (Å²) in [6.07, 6.45) is 0.678. The van der Waals surface area contributed by atoms with Crippen molar-refractivity contribution in [1.82, 2.24) is 0 Å². The van der Waals surface area contributed by atoms with Crippen molar-refractivity contribution in [1.29, 1.82) is 5.26 Å². The van der Waals surface area contributed by atoms with Crippen LogP contribution in [0.2, 0.25) is 5.02 Å². The minimum absolute atomic E-state index is 0.0114. The van der Waals surface area contributed by atoms with E-state index in [0.29, 0.717) is 12.3 Å². The lowest BCUT2D eigenvalue weighted by Gasteiger charge is -2.16. The van der Waals surface area contributed by atoms with Crippen molar-refractivity contribution >= 4 is 11.6 Å². The number of methoxy groups -OCH3 is 1. The second-order valence-corrected chi connectivity index (χ2v) is 5.00. The SMILES string of the molecule is COc1cc(C)c(Cl)cc1CC(C#N)C(C)C. The minimum Gasteiger partial charge on any atom is -0.496 e. The van der Waals surface area contributed by atoms with Crippen molar-refractivity contribution in [2.75, 3.05) is 7.11 Å². The van der Waals surface area contributed by atoms with E-state index in [0.717, 1.165) is 21.9 Å². The Hall–Kier alpha value is -1.20. The van der Waals surface area contributed by atoms with Gasteiger partial charge in [0, 0.05) is 5.02 Å². The van der Waals surface area contributed by atoms with Crippen LogP contribution >= 0.6 is 11.6 Å². The summed E-state index contributed by atoms with van der Waals surface area (Å²) in [4.78, 5) is 0. The predicted octanol–water partition coefficient (Wildman–Crippen LogP) is 4.00. The van der Waals surface area contributed by atoms with E-state index >= 15 is 0 Å². The Morgan fingerprint density at radius 1 is 1.41 bits per heavy atom. The van der Waals surface area contributed by atoms with Gasteiger partial charge in [0.2, 0.25) is 0 Å². The molecule has 0 heterocycles. The molecule has 1 unspecified atom stereocenters. The van der Waals surface area contributed by atoms with Crippen LogP contribution in [0.3, 0.4) is 0 Å². The largest absolute Gasteiger partial charge is 0.496 e. The summed E-state index contributed by atoms with van der Waals surface area (Å²) in [5.41, 5.74) is 1.99. The molecule has 1 aromatic rings. The second-order valence-electron chi connectivity index (χ2n) is 4.60. The summed E-state index contributed by atoms with van der Waals surface area (Å²) < 4.78 is 5.34. The highest BCUT2D eigenvalue weighted by Gasteiger charge is 2.16. The van der Waals surface area contributed by atoms with E-state index in [9.17, 15) is 0 Å². The summed E-state index contributed by atoms with van der Waals surface area (Å²) in [7, 11) is 1.64. The average Bonchev–Trinajstić information content (AvgIpc) is 2.29. The van der Waals surface area contributed by atoms with E-state index in [-0.39, 0.29) is 5.92 Å². The number of hydrogen-bond donors (Lipinski definition) is 0. The zero-order valence-corrected chi connectivity index (χ0v) is 11.5. The highest BCUT2D eigenvalue weighted by atomic mass is 35.5. The Balaban J connectivity index is 3.05. The van der Waals surface area contributed by atoms with Crippen molar-refractivity contribution < 1.29 is 4.74 Å². The van der Waals surface area contributed by atoms with Crippen LogP contribution in [0.4, 0.5) is 0 Å². The van der Waals surface area contributed by atoms with E-state index in [1.54, 1.807) is 7.11 Å². The molecule has 0 aliphatic carbocycles. The van der Waals surface area contributed by atoms with Gasteiger partial charge in [0.25, 0.3) is 0 Å². The van der Waals surface area contributed by atoms with Crippen LogP contribution < -0.4 is 4.74 Å². The molecule has 0 bridgehead atoms. The quantitative estimate of drug-likeness (QED) is 0.811. The van der Waals surface area contributed by atoms with Gasteiger partial charge in [-0.3, -0.25) is 0 Å². The number of ether oxygens (including phenoxy) is 1. The van der Waals surface area contributed by atoms with Gasteiger partial charge in [-0.2, -0.15) is 5.26 Å². The number of rotatable bonds is 4. The van der Waals surface area contributed by atoms with Crippen LogP contribution in [0.15, 0.2) is 12.1 Å². The van der Waals surface area contributed by atoms with Gasteiger partial charge < -0.3 is 4.74 Å². The lowest BCUT2D eigenvalue weighted by molar-refractivity contribution is 0.400. The third kappa shape index (κ3) is 3.38. The molecule has 1 rings (SSSR count). The van der Waals surface area contributed by atoms with Crippen LogP contribution in [0.25, 0.3) is 0 Å². The van der Waals surface area contributed by atoms with Crippen LogP contribution in [-0.4, -0.2) is 7.11 Å².